The van der Waals surface area contributed by atoms with E-state index in [0.29, 0.717) is 0 Å². The zero-order chi connectivity index (χ0) is 7.98. The minimum Gasteiger partial charge on any atom is -0.550 e. The average molecular weight is 167 g/mol. The van der Waals surface area contributed by atoms with Crippen LogP contribution >= 0.6 is 0 Å². The molecular weight excluding hydrogens is 161 g/mol. The van der Waals surface area contributed by atoms with Crippen LogP contribution in [-0.4, -0.2) is 26.6 Å². The molecule has 1 aromatic heterocycles. The number of rotatable bonds is 0. The molecule has 0 amide bonds. The van der Waals surface area contributed by atoms with Crippen molar-refractivity contribution in [1.82, 2.24) is 20.6 Å². The monoisotopic (exact) mass is 167 g/mol. The van der Waals surface area contributed by atoms with E-state index in [-0.39, 0.29) is 35.5 Å². The van der Waals surface area contributed by atoms with Gasteiger partial charge in [0.2, 0.25) is 5.95 Å². The van der Waals surface area contributed by atoms with E-state index in [2.05, 4.69) is 20.6 Å². The van der Waals surface area contributed by atoms with Gasteiger partial charge in [-0.2, -0.15) is 0 Å². The number of aromatic amines is 1. The van der Waals surface area contributed by atoms with Crippen LogP contribution in [0.4, 0.5) is 5.95 Å². The average Bonchev–Trinajstić information content (AvgIpc) is 2.15. The minimum absolute atomic E-state index is 0. The summed E-state index contributed by atoms with van der Waals surface area (Å²) in [6, 6.07) is 0. The number of nitrogens with zero attached hydrogens (tertiary/aromatic N) is 3. The Morgan fingerprint density at radius 1 is 1.73 bits per heavy atom. The van der Waals surface area contributed by atoms with Gasteiger partial charge < -0.3 is 15.6 Å². The fourth-order valence-corrected chi connectivity index (χ4v) is 0.166. The van der Waals surface area contributed by atoms with Gasteiger partial charge in [0.25, 0.3) is 0 Å². The van der Waals surface area contributed by atoms with E-state index < -0.39 is 5.97 Å². The molecule has 0 aliphatic carbocycles. The summed E-state index contributed by atoms with van der Waals surface area (Å²) in [6.45, 7) is 0.972. The molecule has 0 aliphatic rings. The second-order valence-electron chi connectivity index (χ2n) is 1.28. The minimum atomic E-state index is -1.08. The fourth-order valence-electron chi connectivity index (χ4n) is 0.166. The first-order chi connectivity index (χ1) is 4.63. The fraction of sp³-hybridized carbons (Fsp3) is 0.333. The van der Waals surface area contributed by atoms with Gasteiger partial charge in [-0.1, -0.05) is 5.10 Å². The number of aliphatic carboxylic acids is 1. The van der Waals surface area contributed by atoms with E-state index in [4.69, 9.17) is 15.6 Å². The normalized spacial score (nSPS) is 7.00. The number of nitrogen functional groups attached to an aromatic ring is 1. The largest absolute Gasteiger partial charge is 1.00 e. The molecule has 0 saturated carbocycles. The van der Waals surface area contributed by atoms with E-state index in [1.165, 1.54) is 0 Å². The number of anilines is 1. The summed E-state index contributed by atoms with van der Waals surface area (Å²) in [4.78, 5) is 8.89. The second-order valence-corrected chi connectivity index (χ2v) is 1.28. The summed E-state index contributed by atoms with van der Waals surface area (Å²) in [7, 11) is 0. The molecule has 0 saturated heterocycles. The Balaban J connectivity index is 0. The first kappa shape index (κ1) is 13.0. The van der Waals surface area contributed by atoms with Gasteiger partial charge in [0.15, 0.2) is 0 Å². The number of hydrogen-bond donors (Lipinski definition) is 2. The summed E-state index contributed by atoms with van der Waals surface area (Å²) in [6.07, 6.45) is 0. The number of aromatic nitrogens is 4. The number of tetrazole rings is 1. The molecule has 0 aromatic carbocycles. The van der Waals surface area contributed by atoms with Crippen molar-refractivity contribution in [2.24, 2.45) is 0 Å². The Hall–Kier alpha value is -0.660. The van der Waals surface area contributed by atoms with Crippen LogP contribution < -0.4 is 40.4 Å². The maximum absolute atomic E-state index is 8.89. The van der Waals surface area contributed by atoms with E-state index in [1.807, 2.05) is 0 Å². The van der Waals surface area contributed by atoms with Crippen molar-refractivity contribution in [1.29, 1.82) is 0 Å². The first-order valence-electron chi connectivity index (χ1n) is 2.29. The van der Waals surface area contributed by atoms with Gasteiger partial charge in [0.05, 0.1) is 0 Å². The van der Waals surface area contributed by atoms with Crippen molar-refractivity contribution in [2.75, 3.05) is 5.73 Å². The second kappa shape index (κ2) is 7.45. The van der Waals surface area contributed by atoms with Gasteiger partial charge in [-0.15, -0.1) is 0 Å². The Labute approximate surface area is 84.6 Å². The number of carboxylic acid groups (broad SMARTS) is 1. The molecule has 0 unspecified atom stereocenters. The van der Waals surface area contributed by atoms with Crippen molar-refractivity contribution in [3.8, 4) is 0 Å². The number of nitrogens with two attached hydrogens (primary N) is 1. The van der Waals surface area contributed by atoms with E-state index in [1.54, 1.807) is 0 Å². The van der Waals surface area contributed by atoms with Crippen LogP contribution in [0, 0.1) is 0 Å². The first-order valence-corrected chi connectivity index (χ1v) is 2.29. The zero-order valence-electron chi connectivity index (χ0n) is 6.24. The van der Waals surface area contributed by atoms with Crippen LogP contribution in [0.25, 0.3) is 0 Å². The Bertz CT molecular complexity index is 184. The zero-order valence-corrected chi connectivity index (χ0v) is 8.24. The third-order valence-electron chi connectivity index (χ3n) is 0.362. The Morgan fingerprint density at radius 2 is 2.18 bits per heavy atom. The number of nitrogens with one attached hydrogen (secondary N) is 1. The van der Waals surface area contributed by atoms with Crippen molar-refractivity contribution in [3.63, 3.8) is 0 Å². The Kier molecular flexibility index (Phi) is 8.78. The van der Waals surface area contributed by atoms with E-state index in [0.717, 1.165) is 6.92 Å². The maximum atomic E-state index is 8.89. The molecule has 3 N–H and O–H groups in total. The molecule has 0 bridgehead atoms. The summed E-state index contributed by atoms with van der Waals surface area (Å²) in [5, 5.41) is 20.8. The summed E-state index contributed by atoms with van der Waals surface area (Å²) in [5.74, 6) is -0.838. The van der Waals surface area contributed by atoms with Gasteiger partial charge in [0.1, 0.15) is 0 Å². The maximum Gasteiger partial charge on any atom is 1.00 e. The van der Waals surface area contributed by atoms with Crippen molar-refractivity contribution >= 4 is 11.9 Å². The summed E-state index contributed by atoms with van der Waals surface area (Å²) >= 11 is 0. The molecule has 1 rings (SSSR count). The number of carbonyl (C=O) groups is 1. The van der Waals surface area contributed by atoms with Gasteiger partial charge >= 0.3 is 29.6 Å². The molecule has 1 heterocycles. The summed E-state index contributed by atoms with van der Waals surface area (Å²) in [5.41, 5.74) is 4.99. The van der Waals surface area contributed by atoms with Gasteiger partial charge in [0, 0.05) is 5.97 Å². The van der Waals surface area contributed by atoms with Crippen molar-refractivity contribution in [3.05, 3.63) is 0 Å². The predicted octanol–water partition coefficient (Wildman–Crippen LogP) is -5.46. The molecule has 1 aromatic rings. The standard InChI is InChI=1S/C2H4O2.CH3N5.Na/c1-2(3)4;2-1-3-5-6-4-1;/h1H3,(H,3,4);(H3,2,3,4,5,6);/q;;+1/p-1. The Morgan fingerprint density at radius 3 is 2.27 bits per heavy atom. The molecule has 0 atom stereocenters. The van der Waals surface area contributed by atoms with Gasteiger partial charge in [-0.05, 0) is 17.4 Å². The van der Waals surface area contributed by atoms with Gasteiger partial charge in [-0.25, -0.2) is 5.10 Å². The van der Waals surface area contributed by atoms with Crippen LogP contribution in [0.1, 0.15) is 6.92 Å². The third kappa shape index (κ3) is 12.5. The molecule has 0 spiro atoms. The van der Waals surface area contributed by atoms with Crippen LogP contribution in [0.5, 0.6) is 0 Å². The van der Waals surface area contributed by atoms with Crippen molar-refractivity contribution in [2.45, 2.75) is 6.92 Å². The quantitative estimate of drug-likeness (QED) is 0.372. The van der Waals surface area contributed by atoms with Crippen molar-refractivity contribution < 1.29 is 39.5 Å². The van der Waals surface area contributed by atoms with Crippen LogP contribution in [0.15, 0.2) is 0 Å². The molecule has 0 aliphatic heterocycles. The SMILES string of the molecule is CC(=O)[O-].Nc1nnn[nH]1.[Na+]. The number of hydrogen-bond acceptors (Lipinski definition) is 6. The van der Waals surface area contributed by atoms with Crippen LogP contribution in [0.2, 0.25) is 0 Å². The molecule has 0 radical (unpaired) electrons. The molecule has 8 heteroatoms. The summed E-state index contributed by atoms with van der Waals surface area (Å²) < 4.78 is 0. The predicted molar refractivity (Wildman–Crippen MR) is 29.3 cm³/mol. The molecular formula is C3H6N5NaO2. The van der Waals surface area contributed by atoms with Crippen LogP contribution in [-0.2, 0) is 4.79 Å². The number of carboxylic acids is 1. The number of H-pyrrole nitrogens is 1. The number of carbonyl (C=O) groups excluding carboxylic acids is 1. The van der Waals surface area contributed by atoms with E-state index in [9.17, 15) is 0 Å². The molecule has 7 nitrogen and oxygen atoms in total. The van der Waals surface area contributed by atoms with Crippen LogP contribution in [0.3, 0.4) is 0 Å². The van der Waals surface area contributed by atoms with Gasteiger partial charge in [-0.3, -0.25) is 0 Å². The molecule has 11 heavy (non-hydrogen) atoms. The molecule has 0 fully saturated rings. The van der Waals surface area contributed by atoms with E-state index >= 15 is 0 Å². The molecule has 56 valence electrons. The topological polar surface area (TPSA) is 121 Å². The third-order valence-corrected chi connectivity index (χ3v) is 0.362. The smallest absolute Gasteiger partial charge is 0.550 e.